The highest BCUT2D eigenvalue weighted by Crippen LogP contribution is 2.41. The first-order valence-corrected chi connectivity index (χ1v) is 8.74. The molecule has 0 bridgehead atoms. The number of oxazole rings is 1. The largest absolute Gasteiger partial charge is 0.419 e. The van der Waals surface area contributed by atoms with Gasteiger partial charge in [0.15, 0.2) is 5.58 Å². The lowest BCUT2D eigenvalue weighted by atomic mass is 9.83. The molecule has 28 heavy (non-hydrogen) atoms. The van der Waals surface area contributed by atoms with Crippen molar-refractivity contribution in [2.75, 3.05) is 5.32 Å². The molecule has 2 aromatic heterocycles. The molecule has 1 aliphatic heterocycles. The minimum atomic E-state index is -0.483. The number of carbonyl (C=O) groups is 1. The topological polar surface area (TPSA) is 82.1 Å². The van der Waals surface area contributed by atoms with E-state index in [4.69, 9.17) is 4.42 Å². The number of hydrogen-bond acceptors (Lipinski definition) is 4. The number of aromatic nitrogens is 3. The Labute approximate surface area is 158 Å². The van der Waals surface area contributed by atoms with Crippen molar-refractivity contribution < 1.29 is 13.6 Å². The van der Waals surface area contributed by atoms with Crippen LogP contribution in [0.3, 0.4) is 0 Å². The molecule has 0 saturated heterocycles. The maximum Gasteiger partial charge on any atom is 0.419 e. The van der Waals surface area contributed by atoms with Gasteiger partial charge in [-0.15, -0.1) is 0 Å². The second kappa shape index (κ2) is 5.91. The van der Waals surface area contributed by atoms with Crippen LogP contribution in [0.15, 0.2) is 58.0 Å². The number of nitrogens with one attached hydrogen (secondary N) is 1. The number of nitrogens with zero attached hydrogens (tertiary/aromatic N) is 3. The van der Waals surface area contributed by atoms with Crippen molar-refractivity contribution in [1.29, 1.82) is 0 Å². The Kier molecular flexibility index (Phi) is 3.48. The van der Waals surface area contributed by atoms with Crippen LogP contribution in [0.25, 0.3) is 16.8 Å². The van der Waals surface area contributed by atoms with Gasteiger partial charge < -0.3 is 9.73 Å². The standard InChI is InChI=1S/C20H15FN4O3/c1-24-17-10-15-13(8-18(17)28-20(24)27)12(9-19(26)23-15)14-7-11(21)3-4-16(14)25-6-2-5-22-25/h2-8,10,12H,9H2,1H3,(H,23,26)/t12-/m1/s1. The monoisotopic (exact) mass is 378 g/mol. The van der Waals surface area contributed by atoms with Crippen molar-refractivity contribution in [3.05, 3.63) is 76.3 Å². The van der Waals surface area contributed by atoms with Gasteiger partial charge in [0.2, 0.25) is 5.91 Å². The molecule has 0 fully saturated rings. The van der Waals surface area contributed by atoms with Gasteiger partial charge in [-0.2, -0.15) is 5.10 Å². The fraction of sp³-hybridized carbons (Fsp3) is 0.150. The van der Waals surface area contributed by atoms with Crippen LogP contribution >= 0.6 is 0 Å². The third kappa shape index (κ3) is 2.45. The number of carbonyl (C=O) groups excluding carboxylic acids is 1. The molecule has 1 amide bonds. The van der Waals surface area contributed by atoms with Gasteiger partial charge in [-0.3, -0.25) is 9.36 Å². The molecule has 1 aliphatic rings. The molecule has 3 heterocycles. The highest BCUT2D eigenvalue weighted by Gasteiger charge is 2.30. The third-order valence-electron chi connectivity index (χ3n) is 5.12. The SMILES string of the molecule is Cn1c(=O)oc2cc3c(cc21)NC(=O)C[C@H]3c1cc(F)ccc1-n1cccn1. The minimum absolute atomic E-state index is 0.146. The van der Waals surface area contributed by atoms with E-state index >= 15 is 0 Å². The summed E-state index contributed by atoms with van der Waals surface area (Å²) in [6.07, 6.45) is 3.55. The van der Waals surface area contributed by atoms with E-state index in [1.165, 1.54) is 16.7 Å². The van der Waals surface area contributed by atoms with Gasteiger partial charge in [0.1, 0.15) is 5.82 Å². The van der Waals surface area contributed by atoms with Gasteiger partial charge in [0, 0.05) is 37.5 Å². The van der Waals surface area contributed by atoms with Crippen molar-refractivity contribution >= 4 is 22.7 Å². The van der Waals surface area contributed by atoms with E-state index < -0.39 is 17.5 Å². The lowest BCUT2D eigenvalue weighted by molar-refractivity contribution is -0.116. The average Bonchev–Trinajstić information content (AvgIpc) is 3.29. The Morgan fingerprint density at radius 3 is 2.86 bits per heavy atom. The van der Waals surface area contributed by atoms with Crippen LogP contribution in [-0.2, 0) is 11.8 Å². The molecule has 0 radical (unpaired) electrons. The van der Waals surface area contributed by atoms with Crippen LogP contribution in [-0.4, -0.2) is 20.3 Å². The first-order valence-electron chi connectivity index (χ1n) is 8.74. The van der Waals surface area contributed by atoms with Gasteiger partial charge in [0.25, 0.3) is 0 Å². The Balaban J connectivity index is 1.76. The number of benzene rings is 2. The zero-order chi connectivity index (χ0) is 19.4. The zero-order valence-electron chi connectivity index (χ0n) is 14.8. The molecular formula is C20H15FN4O3. The molecule has 1 N–H and O–H groups in total. The summed E-state index contributed by atoms with van der Waals surface area (Å²) in [7, 11) is 1.60. The number of amides is 1. The van der Waals surface area contributed by atoms with Crippen LogP contribution in [0.5, 0.6) is 0 Å². The van der Waals surface area contributed by atoms with E-state index in [1.807, 2.05) is 0 Å². The Morgan fingerprint density at radius 2 is 2.07 bits per heavy atom. The van der Waals surface area contributed by atoms with Crippen LogP contribution in [0, 0.1) is 5.82 Å². The second-order valence-electron chi connectivity index (χ2n) is 6.79. The molecule has 4 aromatic rings. The van der Waals surface area contributed by atoms with Crippen molar-refractivity contribution in [2.24, 2.45) is 7.05 Å². The van der Waals surface area contributed by atoms with Crippen LogP contribution < -0.4 is 11.1 Å². The molecule has 0 aliphatic carbocycles. The molecule has 140 valence electrons. The predicted octanol–water partition coefficient (Wildman–Crippen LogP) is 2.93. The summed E-state index contributed by atoms with van der Waals surface area (Å²) >= 11 is 0. The van der Waals surface area contributed by atoms with Crippen LogP contribution in [0.1, 0.15) is 23.5 Å². The highest BCUT2D eigenvalue weighted by molar-refractivity contribution is 5.98. The highest BCUT2D eigenvalue weighted by atomic mass is 19.1. The van der Waals surface area contributed by atoms with Crippen molar-refractivity contribution in [2.45, 2.75) is 12.3 Å². The second-order valence-corrected chi connectivity index (χ2v) is 6.79. The lowest BCUT2D eigenvalue weighted by Gasteiger charge is -2.27. The Morgan fingerprint density at radius 1 is 1.21 bits per heavy atom. The number of fused-ring (bicyclic) bond motifs is 2. The first-order chi connectivity index (χ1) is 13.5. The smallest absolute Gasteiger partial charge is 0.408 e. The molecular weight excluding hydrogens is 363 g/mol. The summed E-state index contributed by atoms with van der Waals surface area (Å²) < 4.78 is 22.5. The molecule has 0 spiro atoms. The maximum absolute atomic E-state index is 14.1. The fourth-order valence-electron chi connectivity index (χ4n) is 3.78. The van der Waals surface area contributed by atoms with Crippen molar-refractivity contribution in [3.8, 4) is 5.69 Å². The van der Waals surface area contributed by atoms with Gasteiger partial charge in [-0.05, 0) is 47.5 Å². The van der Waals surface area contributed by atoms with E-state index in [9.17, 15) is 14.0 Å². The first kappa shape index (κ1) is 16.5. The molecule has 5 rings (SSSR count). The number of aryl methyl sites for hydroxylation is 1. The predicted molar refractivity (Wildman–Crippen MR) is 100 cm³/mol. The number of hydrogen-bond donors (Lipinski definition) is 1. The summed E-state index contributed by atoms with van der Waals surface area (Å²) in [5.41, 5.74) is 3.67. The normalized spacial score (nSPS) is 16.2. The fourth-order valence-corrected chi connectivity index (χ4v) is 3.78. The Bertz CT molecular complexity index is 1290. The third-order valence-corrected chi connectivity index (χ3v) is 5.12. The van der Waals surface area contributed by atoms with E-state index in [2.05, 4.69) is 10.4 Å². The molecule has 1 atom stereocenters. The molecule has 0 unspecified atom stereocenters. The molecule has 8 heteroatoms. The van der Waals surface area contributed by atoms with E-state index in [-0.39, 0.29) is 12.3 Å². The average molecular weight is 378 g/mol. The molecule has 0 saturated carbocycles. The number of anilines is 1. The lowest BCUT2D eigenvalue weighted by Crippen LogP contribution is -2.24. The van der Waals surface area contributed by atoms with E-state index in [0.717, 1.165) is 5.56 Å². The number of rotatable bonds is 2. The summed E-state index contributed by atoms with van der Waals surface area (Å²) in [6, 6.07) is 9.67. The summed E-state index contributed by atoms with van der Waals surface area (Å²) in [5, 5.41) is 7.09. The molecule has 7 nitrogen and oxygen atoms in total. The number of halogens is 1. The van der Waals surface area contributed by atoms with Gasteiger partial charge in [-0.1, -0.05) is 0 Å². The quantitative estimate of drug-likeness (QED) is 0.581. The summed E-state index contributed by atoms with van der Waals surface area (Å²) in [5.74, 6) is -1.47. The minimum Gasteiger partial charge on any atom is -0.408 e. The van der Waals surface area contributed by atoms with Gasteiger partial charge in [-0.25, -0.2) is 13.9 Å². The Hall–Kier alpha value is -3.68. The van der Waals surface area contributed by atoms with Gasteiger partial charge >= 0.3 is 5.76 Å². The summed E-state index contributed by atoms with van der Waals surface area (Å²) in [4.78, 5) is 24.3. The summed E-state index contributed by atoms with van der Waals surface area (Å²) in [6.45, 7) is 0. The van der Waals surface area contributed by atoms with Crippen molar-refractivity contribution in [3.63, 3.8) is 0 Å². The zero-order valence-corrected chi connectivity index (χ0v) is 14.8. The van der Waals surface area contributed by atoms with Crippen LogP contribution in [0.2, 0.25) is 0 Å². The van der Waals surface area contributed by atoms with E-state index in [0.29, 0.717) is 28.0 Å². The van der Waals surface area contributed by atoms with E-state index in [1.54, 1.807) is 48.4 Å². The van der Waals surface area contributed by atoms with Gasteiger partial charge in [0.05, 0.1) is 11.2 Å². The van der Waals surface area contributed by atoms with Crippen molar-refractivity contribution in [1.82, 2.24) is 14.3 Å². The molecule has 2 aromatic carbocycles. The van der Waals surface area contributed by atoms with Crippen LogP contribution in [0.4, 0.5) is 10.1 Å². The maximum atomic E-state index is 14.1.